The van der Waals surface area contributed by atoms with Crippen LogP contribution in [0.4, 0.5) is 13.2 Å². The highest BCUT2D eigenvalue weighted by Gasteiger charge is 2.37. The number of pyridine rings is 1. The van der Waals surface area contributed by atoms with Crippen LogP contribution in [0.2, 0.25) is 0 Å². The second-order valence-corrected chi connectivity index (χ2v) is 8.88. The third-order valence-corrected chi connectivity index (χ3v) is 6.73. The maximum Gasteiger partial charge on any atom is 0.416 e. The molecule has 0 radical (unpaired) electrons. The van der Waals surface area contributed by atoms with Crippen LogP contribution in [0.3, 0.4) is 0 Å². The number of alkyl halides is 3. The Bertz CT molecular complexity index is 1320. The van der Waals surface area contributed by atoms with Crippen LogP contribution in [0.25, 0.3) is 11.1 Å². The zero-order valence-electron chi connectivity index (χ0n) is 18.5. The Labute approximate surface area is 194 Å². The first kappa shape index (κ1) is 22.3. The Hall–Kier alpha value is -3.55. The Balaban J connectivity index is 1.46. The van der Waals surface area contributed by atoms with Gasteiger partial charge in [-0.15, -0.1) is 0 Å². The number of methoxy groups -OCH3 is 1. The molecule has 2 aliphatic rings. The normalized spacial score (nSPS) is 19.5. The Kier molecular flexibility index (Phi) is 5.46. The van der Waals surface area contributed by atoms with Crippen LogP contribution >= 0.6 is 0 Å². The monoisotopic (exact) mass is 468 g/mol. The molecule has 8 heteroatoms. The van der Waals surface area contributed by atoms with Crippen molar-refractivity contribution >= 4 is 5.91 Å². The molecule has 1 amide bonds. The van der Waals surface area contributed by atoms with Gasteiger partial charge < -0.3 is 14.2 Å². The zero-order valence-corrected chi connectivity index (χ0v) is 18.5. The van der Waals surface area contributed by atoms with Gasteiger partial charge in [-0.05, 0) is 54.3 Å². The number of benzene rings is 2. The summed E-state index contributed by atoms with van der Waals surface area (Å²) in [5.74, 6) is 0.475. The van der Waals surface area contributed by atoms with E-state index in [4.69, 9.17) is 4.74 Å². The number of hydrogen-bond acceptors (Lipinski definition) is 3. The summed E-state index contributed by atoms with van der Waals surface area (Å²) in [6.45, 7) is 1.40. The number of hydrogen-bond donors (Lipinski definition) is 0. The molecule has 176 valence electrons. The first-order valence-corrected chi connectivity index (χ1v) is 11.1. The van der Waals surface area contributed by atoms with Gasteiger partial charge in [0.05, 0.1) is 18.2 Å². The van der Waals surface area contributed by atoms with Crippen molar-refractivity contribution in [1.82, 2.24) is 9.47 Å². The van der Waals surface area contributed by atoms with Crippen molar-refractivity contribution in [3.05, 3.63) is 87.8 Å². The number of likely N-dealkylation sites (tertiary alicyclic amines) is 1. The number of para-hydroxylation sites is 1. The third kappa shape index (κ3) is 3.87. The lowest BCUT2D eigenvalue weighted by atomic mass is 9.82. The molecule has 0 unspecified atom stereocenters. The quantitative estimate of drug-likeness (QED) is 0.555. The molecule has 0 aliphatic carbocycles. The van der Waals surface area contributed by atoms with E-state index in [1.54, 1.807) is 28.8 Å². The van der Waals surface area contributed by atoms with Gasteiger partial charge in [0, 0.05) is 36.8 Å². The molecule has 2 aliphatic heterocycles. The number of carbonyl (C=O) groups is 1. The summed E-state index contributed by atoms with van der Waals surface area (Å²) < 4.78 is 46.5. The topological polar surface area (TPSA) is 51.5 Å². The fourth-order valence-corrected chi connectivity index (χ4v) is 5.19. The molecule has 5 rings (SSSR count). The van der Waals surface area contributed by atoms with E-state index in [0.29, 0.717) is 30.9 Å². The van der Waals surface area contributed by atoms with E-state index in [0.717, 1.165) is 24.2 Å². The maximum atomic E-state index is 13.3. The number of amides is 1. The summed E-state index contributed by atoms with van der Waals surface area (Å²) in [6, 6.07) is 15.4. The number of piperidine rings is 1. The first-order valence-electron chi connectivity index (χ1n) is 11.1. The van der Waals surface area contributed by atoms with Gasteiger partial charge in [0.25, 0.3) is 11.5 Å². The molecule has 34 heavy (non-hydrogen) atoms. The molecule has 2 atom stereocenters. The summed E-state index contributed by atoms with van der Waals surface area (Å²) >= 11 is 0. The lowest BCUT2D eigenvalue weighted by molar-refractivity contribution is -0.137. The second-order valence-electron chi connectivity index (χ2n) is 8.88. The highest BCUT2D eigenvalue weighted by atomic mass is 19.4. The number of halogens is 3. The van der Waals surface area contributed by atoms with E-state index < -0.39 is 11.7 Å². The van der Waals surface area contributed by atoms with Crippen molar-refractivity contribution in [2.45, 2.75) is 25.1 Å². The minimum absolute atomic E-state index is 0.0191. The molecular formula is C26H23F3N2O3. The summed E-state index contributed by atoms with van der Waals surface area (Å²) in [5, 5.41) is 0. The molecule has 2 aromatic carbocycles. The van der Waals surface area contributed by atoms with Crippen molar-refractivity contribution in [2.75, 3.05) is 20.2 Å². The Morgan fingerprint density at radius 2 is 1.79 bits per heavy atom. The first-order chi connectivity index (χ1) is 16.3. The van der Waals surface area contributed by atoms with Gasteiger partial charge in [-0.3, -0.25) is 9.59 Å². The van der Waals surface area contributed by atoms with Crippen LogP contribution in [-0.2, 0) is 12.7 Å². The fourth-order valence-electron chi connectivity index (χ4n) is 5.19. The van der Waals surface area contributed by atoms with E-state index in [-0.39, 0.29) is 34.4 Å². The number of ether oxygens (including phenoxy) is 1. The van der Waals surface area contributed by atoms with Gasteiger partial charge in [-0.1, -0.05) is 24.3 Å². The SMILES string of the molecule is COc1ccccc1C(=O)N1C[C@H]2C[C@H](C1)c1ccc(-c3cccc(C(F)(F)F)c3)c(=O)n1C2. The Morgan fingerprint density at radius 3 is 2.56 bits per heavy atom. The molecule has 1 saturated heterocycles. The molecule has 5 nitrogen and oxygen atoms in total. The standard InChI is InChI=1S/C26H23F3N2O3/c1-34-23-8-3-2-7-21(23)24(32)30-13-16-11-18(15-30)22-10-9-20(25(33)31(22)14-16)17-5-4-6-19(12-17)26(27,28)29/h2-10,12,16,18H,11,13-15H2,1H3/t16-,18-/m1/s1. The smallest absolute Gasteiger partial charge is 0.416 e. The van der Waals surface area contributed by atoms with Gasteiger partial charge in [0.15, 0.2) is 0 Å². The molecule has 3 heterocycles. The largest absolute Gasteiger partial charge is 0.496 e. The number of carbonyl (C=O) groups excluding carboxylic acids is 1. The summed E-state index contributed by atoms with van der Waals surface area (Å²) in [4.78, 5) is 28.3. The lowest BCUT2D eigenvalue weighted by Crippen LogP contribution is -2.49. The fraction of sp³-hybridized carbons (Fsp3) is 0.308. The molecule has 0 spiro atoms. The predicted octanol–water partition coefficient (Wildman–Crippen LogP) is 4.80. The highest BCUT2D eigenvalue weighted by Crippen LogP contribution is 2.37. The van der Waals surface area contributed by atoms with Crippen LogP contribution in [0, 0.1) is 5.92 Å². The minimum Gasteiger partial charge on any atom is -0.496 e. The van der Waals surface area contributed by atoms with E-state index in [1.165, 1.54) is 19.2 Å². The van der Waals surface area contributed by atoms with Crippen molar-refractivity contribution in [3.8, 4) is 16.9 Å². The molecule has 0 N–H and O–H groups in total. The molecule has 0 saturated carbocycles. The van der Waals surface area contributed by atoms with E-state index >= 15 is 0 Å². The van der Waals surface area contributed by atoms with E-state index in [1.807, 2.05) is 17.0 Å². The predicted molar refractivity (Wildman–Crippen MR) is 121 cm³/mol. The number of nitrogens with zero attached hydrogens (tertiary/aromatic N) is 2. The van der Waals surface area contributed by atoms with Gasteiger partial charge in [0.2, 0.25) is 0 Å². The van der Waals surface area contributed by atoms with Crippen molar-refractivity contribution in [2.24, 2.45) is 5.92 Å². The zero-order chi connectivity index (χ0) is 24.0. The van der Waals surface area contributed by atoms with Crippen molar-refractivity contribution in [3.63, 3.8) is 0 Å². The number of rotatable bonds is 3. The number of aromatic nitrogens is 1. The van der Waals surface area contributed by atoms with E-state index in [2.05, 4.69) is 0 Å². The van der Waals surface area contributed by atoms with Crippen LogP contribution in [0.15, 0.2) is 65.5 Å². The van der Waals surface area contributed by atoms with Crippen molar-refractivity contribution in [1.29, 1.82) is 0 Å². The van der Waals surface area contributed by atoms with Gasteiger partial charge in [0.1, 0.15) is 5.75 Å². The van der Waals surface area contributed by atoms with Crippen LogP contribution in [0.5, 0.6) is 5.75 Å². The molecular weight excluding hydrogens is 445 g/mol. The Morgan fingerprint density at radius 1 is 1.00 bits per heavy atom. The van der Waals surface area contributed by atoms with Crippen LogP contribution in [-0.4, -0.2) is 35.6 Å². The summed E-state index contributed by atoms with van der Waals surface area (Å²) in [5.41, 5.74) is 0.734. The summed E-state index contributed by atoms with van der Waals surface area (Å²) in [6.07, 6.45) is -3.62. The van der Waals surface area contributed by atoms with Gasteiger partial charge >= 0.3 is 6.18 Å². The molecule has 3 aromatic rings. The second kappa shape index (κ2) is 8.34. The average molecular weight is 468 g/mol. The highest BCUT2D eigenvalue weighted by molar-refractivity contribution is 5.97. The summed E-state index contributed by atoms with van der Waals surface area (Å²) in [7, 11) is 1.53. The number of fused-ring (bicyclic) bond motifs is 4. The lowest BCUT2D eigenvalue weighted by Gasteiger charge is -2.43. The molecule has 1 aromatic heterocycles. The van der Waals surface area contributed by atoms with Crippen LogP contribution in [0.1, 0.15) is 34.0 Å². The van der Waals surface area contributed by atoms with Crippen LogP contribution < -0.4 is 10.3 Å². The minimum atomic E-state index is -4.48. The average Bonchev–Trinajstić information content (AvgIpc) is 2.83. The van der Waals surface area contributed by atoms with Gasteiger partial charge in [-0.25, -0.2) is 0 Å². The third-order valence-electron chi connectivity index (χ3n) is 6.73. The van der Waals surface area contributed by atoms with Gasteiger partial charge in [-0.2, -0.15) is 13.2 Å². The molecule has 2 bridgehead atoms. The van der Waals surface area contributed by atoms with E-state index in [9.17, 15) is 22.8 Å². The maximum absolute atomic E-state index is 13.3. The molecule has 1 fully saturated rings. The van der Waals surface area contributed by atoms with Crippen molar-refractivity contribution < 1.29 is 22.7 Å².